The van der Waals surface area contributed by atoms with Gasteiger partial charge in [-0.05, 0) is 13.3 Å². The Labute approximate surface area is 95.0 Å². The number of nitrogens with zero attached hydrogens (tertiary/aromatic N) is 2. The van der Waals surface area contributed by atoms with Crippen LogP contribution in [0, 0.1) is 6.92 Å². The third-order valence-electron chi connectivity index (χ3n) is 3.01. The molecule has 1 unspecified atom stereocenters. The van der Waals surface area contributed by atoms with E-state index in [4.69, 9.17) is 5.73 Å². The van der Waals surface area contributed by atoms with Gasteiger partial charge in [-0.1, -0.05) is 0 Å². The van der Waals surface area contributed by atoms with Crippen LogP contribution in [0.3, 0.4) is 0 Å². The quantitative estimate of drug-likeness (QED) is 0.776. The lowest BCUT2D eigenvalue weighted by molar-refractivity contribution is -0.129. The number of aromatic nitrogens is 2. The molecule has 1 aliphatic rings. The summed E-state index contributed by atoms with van der Waals surface area (Å²) in [6.07, 6.45) is 3.27. The second-order valence-electron chi connectivity index (χ2n) is 4.32. The van der Waals surface area contributed by atoms with E-state index in [1.807, 2.05) is 18.0 Å². The first-order valence-corrected chi connectivity index (χ1v) is 5.70. The van der Waals surface area contributed by atoms with Crippen LogP contribution in [-0.2, 0) is 4.79 Å². The smallest absolute Gasteiger partial charge is 0.223 e. The Bertz CT molecular complexity index is 374. The van der Waals surface area contributed by atoms with Gasteiger partial charge in [0, 0.05) is 43.9 Å². The highest BCUT2D eigenvalue weighted by Gasteiger charge is 2.28. The van der Waals surface area contributed by atoms with Gasteiger partial charge in [0.2, 0.25) is 5.91 Å². The molecular formula is C11H18N4O. The molecule has 0 aromatic carbocycles. The number of rotatable bonds is 3. The first-order chi connectivity index (χ1) is 7.70. The highest BCUT2D eigenvalue weighted by atomic mass is 16.2. The van der Waals surface area contributed by atoms with Gasteiger partial charge in [0.1, 0.15) is 5.82 Å². The summed E-state index contributed by atoms with van der Waals surface area (Å²) >= 11 is 0. The van der Waals surface area contributed by atoms with E-state index < -0.39 is 0 Å². The van der Waals surface area contributed by atoms with Gasteiger partial charge >= 0.3 is 0 Å². The Balaban J connectivity index is 1.95. The number of carbonyl (C=O) groups excluding carboxylic acids is 1. The zero-order valence-corrected chi connectivity index (χ0v) is 9.57. The molecule has 1 aromatic rings. The molecule has 1 saturated heterocycles. The standard InChI is InChI=1S/C11H18N4O/c1-8-6-13-11(14-8)9-3-5-15(7-9)10(16)2-4-12/h6,9H,2-5,7,12H2,1H3,(H,13,14). The fourth-order valence-corrected chi connectivity index (χ4v) is 2.13. The molecule has 0 radical (unpaired) electrons. The topological polar surface area (TPSA) is 75.0 Å². The molecule has 1 amide bonds. The van der Waals surface area contributed by atoms with Crippen molar-refractivity contribution in [3.63, 3.8) is 0 Å². The van der Waals surface area contributed by atoms with Crippen molar-refractivity contribution in [2.24, 2.45) is 5.73 Å². The fraction of sp³-hybridized carbons (Fsp3) is 0.636. The molecule has 16 heavy (non-hydrogen) atoms. The Hall–Kier alpha value is -1.36. The Morgan fingerprint density at radius 2 is 2.56 bits per heavy atom. The van der Waals surface area contributed by atoms with Crippen molar-refractivity contribution in [1.29, 1.82) is 0 Å². The van der Waals surface area contributed by atoms with Crippen LogP contribution in [0.1, 0.15) is 30.3 Å². The van der Waals surface area contributed by atoms with E-state index in [-0.39, 0.29) is 5.91 Å². The second-order valence-corrected chi connectivity index (χ2v) is 4.32. The Morgan fingerprint density at radius 3 is 3.19 bits per heavy atom. The second kappa shape index (κ2) is 4.65. The lowest BCUT2D eigenvalue weighted by Crippen LogP contribution is -2.30. The van der Waals surface area contributed by atoms with Crippen LogP contribution >= 0.6 is 0 Å². The van der Waals surface area contributed by atoms with Crippen molar-refractivity contribution < 1.29 is 4.79 Å². The zero-order valence-electron chi connectivity index (χ0n) is 9.57. The third-order valence-corrected chi connectivity index (χ3v) is 3.01. The Morgan fingerprint density at radius 1 is 1.75 bits per heavy atom. The number of H-pyrrole nitrogens is 1. The largest absolute Gasteiger partial charge is 0.346 e. The molecule has 1 aromatic heterocycles. The van der Waals surface area contributed by atoms with Crippen LogP contribution in [-0.4, -0.2) is 40.4 Å². The normalized spacial score (nSPS) is 20.4. The van der Waals surface area contributed by atoms with Gasteiger partial charge in [-0.25, -0.2) is 4.98 Å². The molecule has 2 rings (SSSR count). The Kier molecular flexibility index (Phi) is 3.24. The summed E-state index contributed by atoms with van der Waals surface area (Å²) in [5.74, 6) is 1.52. The minimum atomic E-state index is 0.160. The lowest BCUT2D eigenvalue weighted by atomic mass is 10.1. The number of amides is 1. The molecule has 1 aliphatic heterocycles. The molecule has 0 bridgehead atoms. The van der Waals surface area contributed by atoms with Crippen LogP contribution in [0.15, 0.2) is 6.20 Å². The maximum absolute atomic E-state index is 11.6. The summed E-state index contributed by atoms with van der Waals surface area (Å²) in [6, 6.07) is 0. The molecule has 88 valence electrons. The van der Waals surface area contributed by atoms with E-state index in [2.05, 4.69) is 9.97 Å². The van der Waals surface area contributed by atoms with E-state index >= 15 is 0 Å². The summed E-state index contributed by atoms with van der Waals surface area (Å²) in [4.78, 5) is 21.1. The average molecular weight is 222 g/mol. The number of carbonyl (C=O) groups is 1. The summed E-state index contributed by atoms with van der Waals surface area (Å²) in [7, 11) is 0. The maximum Gasteiger partial charge on any atom is 0.223 e. The fourth-order valence-electron chi connectivity index (χ4n) is 2.13. The zero-order chi connectivity index (χ0) is 11.5. The number of likely N-dealkylation sites (tertiary alicyclic amines) is 1. The molecule has 5 nitrogen and oxygen atoms in total. The lowest BCUT2D eigenvalue weighted by Gasteiger charge is -2.15. The number of aryl methyl sites for hydroxylation is 1. The molecule has 0 aliphatic carbocycles. The summed E-state index contributed by atoms with van der Waals surface area (Å²) < 4.78 is 0. The van der Waals surface area contributed by atoms with Crippen LogP contribution in [0.25, 0.3) is 0 Å². The summed E-state index contributed by atoms with van der Waals surface area (Å²) in [6.45, 7) is 4.01. The van der Waals surface area contributed by atoms with Crippen molar-refractivity contribution in [1.82, 2.24) is 14.9 Å². The summed E-state index contributed by atoms with van der Waals surface area (Å²) in [5, 5.41) is 0. The molecule has 0 spiro atoms. The van der Waals surface area contributed by atoms with Crippen LogP contribution in [0.5, 0.6) is 0 Å². The molecular weight excluding hydrogens is 204 g/mol. The van der Waals surface area contributed by atoms with Gasteiger partial charge in [0.25, 0.3) is 0 Å². The first kappa shape index (κ1) is 11.1. The van der Waals surface area contributed by atoms with Crippen LogP contribution in [0.2, 0.25) is 0 Å². The molecule has 1 fully saturated rings. The van der Waals surface area contributed by atoms with Crippen LogP contribution < -0.4 is 5.73 Å². The molecule has 5 heteroatoms. The van der Waals surface area contributed by atoms with Gasteiger partial charge in [0.05, 0.1) is 0 Å². The SMILES string of the molecule is Cc1cnc(C2CCN(C(=O)CCN)C2)[nH]1. The molecule has 0 saturated carbocycles. The number of aromatic amines is 1. The maximum atomic E-state index is 11.6. The van der Waals surface area contributed by atoms with Gasteiger partial charge in [-0.2, -0.15) is 0 Å². The number of hydrogen-bond acceptors (Lipinski definition) is 3. The number of nitrogens with two attached hydrogens (primary N) is 1. The summed E-state index contributed by atoms with van der Waals surface area (Å²) in [5.41, 5.74) is 6.45. The molecule has 1 atom stereocenters. The minimum Gasteiger partial charge on any atom is -0.346 e. The highest BCUT2D eigenvalue weighted by molar-refractivity contribution is 5.76. The van der Waals surface area contributed by atoms with E-state index in [1.165, 1.54) is 0 Å². The monoisotopic (exact) mass is 222 g/mol. The number of imidazole rings is 1. The van der Waals surface area contributed by atoms with Crippen molar-refractivity contribution in [2.75, 3.05) is 19.6 Å². The predicted octanol–water partition coefficient (Wildman–Crippen LogP) is 0.383. The van der Waals surface area contributed by atoms with Gasteiger partial charge < -0.3 is 15.6 Å². The van der Waals surface area contributed by atoms with Gasteiger partial charge in [-0.3, -0.25) is 4.79 Å². The van der Waals surface area contributed by atoms with Crippen molar-refractivity contribution >= 4 is 5.91 Å². The molecule has 2 heterocycles. The van der Waals surface area contributed by atoms with E-state index in [1.54, 1.807) is 0 Å². The van der Waals surface area contributed by atoms with Gasteiger partial charge in [-0.15, -0.1) is 0 Å². The van der Waals surface area contributed by atoms with Crippen molar-refractivity contribution in [3.05, 3.63) is 17.7 Å². The number of nitrogens with one attached hydrogen (secondary N) is 1. The van der Waals surface area contributed by atoms with Gasteiger partial charge in [0.15, 0.2) is 0 Å². The van der Waals surface area contributed by atoms with Crippen LogP contribution in [0.4, 0.5) is 0 Å². The first-order valence-electron chi connectivity index (χ1n) is 5.70. The van der Waals surface area contributed by atoms with Crippen molar-refractivity contribution in [2.45, 2.75) is 25.7 Å². The predicted molar refractivity (Wildman–Crippen MR) is 60.9 cm³/mol. The van der Waals surface area contributed by atoms with Crippen molar-refractivity contribution in [3.8, 4) is 0 Å². The molecule has 3 N–H and O–H groups in total. The third kappa shape index (κ3) is 2.24. The van der Waals surface area contributed by atoms with E-state index in [9.17, 15) is 4.79 Å². The average Bonchev–Trinajstić information content (AvgIpc) is 2.85. The highest BCUT2D eigenvalue weighted by Crippen LogP contribution is 2.25. The van der Waals surface area contributed by atoms with E-state index in [0.717, 1.165) is 31.0 Å². The number of hydrogen-bond donors (Lipinski definition) is 2. The minimum absolute atomic E-state index is 0.160. The van der Waals surface area contributed by atoms with E-state index in [0.29, 0.717) is 18.9 Å².